The van der Waals surface area contributed by atoms with Crippen molar-refractivity contribution in [3.63, 3.8) is 0 Å². The minimum atomic E-state index is 0. The predicted octanol–water partition coefficient (Wildman–Crippen LogP) is 3.52. The smallest absolute Gasteiger partial charge is 0.191 e. The van der Waals surface area contributed by atoms with Gasteiger partial charge in [-0.15, -0.1) is 34.2 Å². The van der Waals surface area contributed by atoms with E-state index in [-0.39, 0.29) is 30.0 Å². The van der Waals surface area contributed by atoms with Gasteiger partial charge in [0, 0.05) is 31.6 Å². The molecule has 1 unspecified atom stereocenters. The van der Waals surface area contributed by atoms with Gasteiger partial charge in [-0.1, -0.05) is 24.6 Å². The van der Waals surface area contributed by atoms with Gasteiger partial charge in [-0.2, -0.15) is 0 Å². The van der Waals surface area contributed by atoms with Crippen LogP contribution in [0.2, 0.25) is 0 Å². The molecule has 1 atom stereocenters. The molecule has 33 heavy (non-hydrogen) atoms. The van der Waals surface area contributed by atoms with Gasteiger partial charge >= 0.3 is 0 Å². The molecule has 8 nitrogen and oxygen atoms in total. The van der Waals surface area contributed by atoms with Crippen molar-refractivity contribution in [2.45, 2.75) is 64.6 Å². The van der Waals surface area contributed by atoms with E-state index in [2.05, 4.69) is 55.4 Å². The molecule has 9 heteroatoms. The Kier molecular flexibility index (Phi) is 10.2. The molecule has 2 aromatic rings. The molecule has 182 valence electrons. The summed E-state index contributed by atoms with van der Waals surface area (Å²) in [6.07, 6.45) is 7.17. The Morgan fingerprint density at radius 1 is 1.06 bits per heavy atom. The van der Waals surface area contributed by atoms with Crippen molar-refractivity contribution in [3.05, 3.63) is 41.5 Å². The van der Waals surface area contributed by atoms with Crippen molar-refractivity contribution in [2.75, 3.05) is 33.3 Å². The first-order chi connectivity index (χ1) is 15.8. The number of halogens is 1. The van der Waals surface area contributed by atoms with Crippen molar-refractivity contribution in [1.29, 1.82) is 0 Å². The minimum Gasteiger partial charge on any atom is -0.496 e. The highest BCUT2D eigenvalue weighted by Gasteiger charge is 2.26. The standard InChI is InChI=1S/C24H37N7O.HI/c1-3-25-24(27-18-23-29-28-22-13-5-4-8-16-31(22)23)26-17-20(30-14-9-10-15-30)19-11-6-7-12-21(19)32-2;/h6-7,11-12,20H,3-5,8-10,13-18H2,1-2H3,(H2,25,26,27);1H. The maximum absolute atomic E-state index is 5.68. The second-order valence-corrected chi connectivity index (χ2v) is 8.57. The summed E-state index contributed by atoms with van der Waals surface area (Å²) in [6.45, 7) is 7.44. The molecule has 1 aromatic heterocycles. The lowest BCUT2D eigenvalue weighted by Gasteiger charge is -2.30. The first kappa shape index (κ1) is 25.7. The van der Waals surface area contributed by atoms with Crippen LogP contribution in [-0.2, 0) is 19.5 Å². The monoisotopic (exact) mass is 567 g/mol. The van der Waals surface area contributed by atoms with E-state index in [0.29, 0.717) is 6.54 Å². The zero-order valence-electron chi connectivity index (χ0n) is 19.9. The predicted molar refractivity (Wildman–Crippen MR) is 142 cm³/mol. The van der Waals surface area contributed by atoms with Crippen molar-refractivity contribution in [2.24, 2.45) is 4.99 Å². The highest BCUT2D eigenvalue weighted by atomic mass is 127. The molecule has 0 bridgehead atoms. The summed E-state index contributed by atoms with van der Waals surface area (Å²) in [6, 6.07) is 8.59. The normalized spacial score (nSPS) is 17.6. The van der Waals surface area contributed by atoms with E-state index >= 15 is 0 Å². The lowest BCUT2D eigenvalue weighted by Crippen LogP contribution is -2.42. The van der Waals surface area contributed by atoms with Crippen molar-refractivity contribution < 1.29 is 4.74 Å². The maximum Gasteiger partial charge on any atom is 0.191 e. The van der Waals surface area contributed by atoms with Crippen LogP contribution in [0.1, 0.15) is 62.3 Å². The van der Waals surface area contributed by atoms with Crippen LogP contribution in [0.25, 0.3) is 0 Å². The third-order valence-corrected chi connectivity index (χ3v) is 6.45. The Morgan fingerprint density at radius 2 is 1.85 bits per heavy atom. The Labute approximate surface area is 214 Å². The van der Waals surface area contributed by atoms with Crippen molar-refractivity contribution in [3.8, 4) is 5.75 Å². The Hall–Kier alpha value is -1.88. The van der Waals surface area contributed by atoms with Gasteiger partial charge in [0.05, 0.1) is 13.2 Å². The fourth-order valence-corrected chi connectivity index (χ4v) is 4.78. The first-order valence-electron chi connectivity index (χ1n) is 12.1. The van der Waals surface area contributed by atoms with Crippen LogP contribution in [-0.4, -0.2) is 58.9 Å². The van der Waals surface area contributed by atoms with Gasteiger partial charge in [0.2, 0.25) is 0 Å². The van der Waals surface area contributed by atoms with E-state index in [1.807, 2.05) is 6.07 Å². The number of benzene rings is 1. The molecular weight excluding hydrogens is 529 g/mol. The van der Waals surface area contributed by atoms with Crippen LogP contribution in [0.5, 0.6) is 5.75 Å². The van der Waals surface area contributed by atoms with Gasteiger partial charge in [-0.25, -0.2) is 4.99 Å². The van der Waals surface area contributed by atoms with Gasteiger partial charge < -0.3 is 19.9 Å². The van der Waals surface area contributed by atoms with Crippen LogP contribution < -0.4 is 15.4 Å². The molecule has 0 saturated carbocycles. The molecule has 0 radical (unpaired) electrons. The summed E-state index contributed by atoms with van der Waals surface area (Å²) in [7, 11) is 1.75. The Morgan fingerprint density at radius 3 is 2.64 bits per heavy atom. The summed E-state index contributed by atoms with van der Waals surface area (Å²) in [5.74, 6) is 3.83. The molecule has 0 aliphatic carbocycles. The number of aliphatic imine (C=N–C) groups is 1. The SMILES string of the molecule is CCNC(=NCc1nnc2n1CCCCC2)NCC(c1ccccc1OC)N1CCCC1.I. The zero-order valence-corrected chi connectivity index (χ0v) is 22.3. The van der Waals surface area contributed by atoms with Crippen molar-refractivity contribution in [1.82, 2.24) is 30.3 Å². The second-order valence-electron chi connectivity index (χ2n) is 8.57. The number of guanidine groups is 1. The fourth-order valence-electron chi connectivity index (χ4n) is 4.78. The van der Waals surface area contributed by atoms with E-state index in [4.69, 9.17) is 9.73 Å². The number of hydrogen-bond donors (Lipinski definition) is 2. The van der Waals surface area contributed by atoms with Crippen LogP contribution in [0.3, 0.4) is 0 Å². The molecule has 2 N–H and O–H groups in total. The molecule has 1 fully saturated rings. The molecule has 3 heterocycles. The highest BCUT2D eigenvalue weighted by molar-refractivity contribution is 14.0. The molecule has 0 spiro atoms. The number of fused-ring (bicyclic) bond motifs is 1. The minimum absolute atomic E-state index is 0. The van der Waals surface area contributed by atoms with Gasteiger partial charge in [-0.3, -0.25) is 4.90 Å². The number of ether oxygens (including phenoxy) is 1. The van der Waals surface area contributed by atoms with Crippen LogP contribution in [0, 0.1) is 0 Å². The van der Waals surface area contributed by atoms with Gasteiger partial charge in [-0.05, 0) is 51.8 Å². The van der Waals surface area contributed by atoms with Gasteiger partial charge in [0.15, 0.2) is 11.8 Å². The number of hydrogen-bond acceptors (Lipinski definition) is 5. The average Bonchev–Trinajstić information content (AvgIpc) is 3.42. The van der Waals surface area contributed by atoms with E-state index in [1.165, 1.54) is 37.7 Å². The van der Waals surface area contributed by atoms with Crippen LogP contribution >= 0.6 is 24.0 Å². The summed E-state index contributed by atoms with van der Waals surface area (Å²) in [4.78, 5) is 7.40. The molecule has 2 aliphatic heterocycles. The van der Waals surface area contributed by atoms with Crippen LogP contribution in [0.4, 0.5) is 0 Å². The Bertz CT molecular complexity index is 895. The number of nitrogens with zero attached hydrogens (tertiary/aromatic N) is 5. The molecule has 1 aromatic carbocycles. The molecule has 2 aliphatic rings. The quantitative estimate of drug-likeness (QED) is 0.289. The molecule has 1 saturated heterocycles. The maximum atomic E-state index is 5.68. The first-order valence-corrected chi connectivity index (χ1v) is 12.1. The number of aromatic nitrogens is 3. The van der Waals surface area contributed by atoms with E-state index < -0.39 is 0 Å². The van der Waals surface area contributed by atoms with E-state index in [9.17, 15) is 0 Å². The third-order valence-electron chi connectivity index (χ3n) is 6.45. The number of nitrogens with one attached hydrogen (secondary N) is 2. The van der Waals surface area contributed by atoms with Crippen molar-refractivity contribution >= 4 is 29.9 Å². The molecular formula is C24H38IN7O. The number of likely N-dealkylation sites (tertiary alicyclic amines) is 1. The summed E-state index contributed by atoms with van der Waals surface area (Å²) < 4.78 is 7.95. The van der Waals surface area contributed by atoms with Crippen LogP contribution in [0.15, 0.2) is 29.3 Å². The van der Waals surface area contributed by atoms with Gasteiger partial charge in [0.1, 0.15) is 18.1 Å². The molecule has 4 rings (SSSR count). The number of para-hydroxylation sites is 1. The van der Waals surface area contributed by atoms with Gasteiger partial charge in [0.25, 0.3) is 0 Å². The largest absolute Gasteiger partial charge is 0.496 e. The highest BCUT2D eigenvalue weighted by Crippen LogP contribution is 2.31. The van der Waals surface area contributed by atoms with E-state index in [0.717, 1.165) is 62.5 Å². The Balaban J connectivity index is 0.00000306. The fraction of sp³-hybridized carbons (Fsp3) is 0.625. The number of rotatable bonds is 8. The zero-order chi connectivity index (χ0) is 22.2. The average molecular weight is 568 g/mol. The third kappa shape index (κ3) is 6.59. The molecule has 0 amide bonds. The summed E-state index contributed by atoms with van der Waals surface area (Å²) in [5, 5.41) is 15.8. The lowest BCUT2D eigenvalue weighted by molar-refractivity contribution is 0.239. The van der Waals surface area contributed by atoms with E-state index in [1.54, 1.807) is 7.11 Å². The topological polar surface area (TPSA) is 79.6 Å². The number of aryl methyl sites for hydroxylation is 1. The number of methoxy groups -OCH3 is 1. The lowest BCUT2D eigenvalue weighted by atomic mass is 10.0. The second kappa shape index (κ2) is 13.1. The summed E-state index contributed by atoms with van der Waals surface area (Å²) in [5.41, 5.74) is 1.23. The summed E-state index contributed by atoms with van der Waals surface area (Å²) >= 11 is 0.